The van der Waals surface area contributed by atoms with Crippen molar-refractivity contribution in [1.82, 2.24) is 9.80 Å². The Morgan fingerprint density at radius 3 is 2.19 bits per heavy atom. The topological polar surface area (TPSA) is 6.48 Å². The zero-order chi connectivity index (χ0) is 31.3. The molecule has 1 aliphatic heterocycles. The van der Waals surface area contributed by atoms with Crippen molar-refractivity contribution < 1.29 is 0 Å². The molecule has 0 saturated heterocycles. The van der Waals surface area contributed by atoms with Crippen LogP contribution in [0.3, 0.4) is 0 Å². The highest BCUT2D eigenvalue weighted by Gasteiger charge is 2.54. The van der Waals surface area contributed by atoms with E-state index in [0.717, 1.165) is 29.7 Å². The smallest absolute Gasteiger partial charge is 0.0377 e. The second-order valence-corrected chi connectivity index (χ2v) is 20.6. The van der Waals surface area contributed by atoms with Crippen molar-refractivity contribution in [3.05, 3.63) is 11.8 Å². The molecule has 43 heavy (non-hydrogen) atoms. The summed E-state index contributed by atoms with van der Waals surface area (Å²) in [5.74, 6) is 2.88. The molecular formula is C41H74N2. The van der Waals surface area contributed by atoms with Gasteiger partial charge in [-0.05, 0) is 154 Å². The van der Waals surface area contributed by atoms with E-state index in [1.807, 2.05) is 0 Å². The molecule has 0 bridgehead atoms. The molecule has 248 valence electrons. The molecule has 0 radical (unpaired) electrons. The van der Waals surface area contributed by atoms with Crippen molar-refractivity contribution in [3.8, 4) is 0 Å². The minimum atomic E-state index is 0.455. The average Bonchev–Trinajstić information content (AvgIpc) is 3.53. The standard InChI is InChI=1S/C41H74N2/c1-36(2,3)26-34-29-41(34)21-23-43(10)35(30-41)31-42(9)22-20-39(8)27-33(28-39)38(6,7)19-18-37(4,5)17-14-32-24-40(25-32)15-12-11-13-16-40/h30,32-34H,11-29,31H2,1-10H3. The van der Waals surface area contributed by atoms with Gasteiger partial charge in [0, 0.05) is 25.8 Å². The van der Waals surface area contributed by atoms with Crippen molar-refractivity contribution in [2.45, 2.75) is 165 Å². The molecule has 5 aliphatic rings. The summed E-state index contributed by atoms with van der Waals surface area (Å²) < 4.78 is 0. The fourth-order valence-electron chi connectivity index (χ4n) is 10.5. The Balaban J connectivity index is 1.00. The molecule has 2 unspecified atom stereocenters. The van der Waals surface area contributed by atoms with Crippen molar-refractivity contribution in [3.63, 3.8) is 0 Å². The lowest BCUT2D eigenvalue weighted by Crippen LogP contribution is -2.44. The third kappa shape index (κ3) is 8.46. The van der Waals surface area contributed by atoms with E-state index < -0.39 is 0 Å². The number of hydrogen-bond acceptors (Lipinski definition) is 2. The van der Waals surface area contributed by atoms with Crippen LogP contribution >= 0.6 is 0 Å². The van der Waals surface area contributed by atoms with E-state index in [1.165, 1.54) is 96.6 Å². The van der Waals surface area contributed by atoms with Crippen LogP contribution in [-0.4, -0.2) is 43.5 Å². The lowest BCUT2D eigenvalue weighted by atomic mass is 9.52. The fourth-order valence-corrected chi connectivity index (χ4v) is 10.5. The maximum atomic E-state index is 2.72. The average molecular weight is 595 g/mol. The van der Waals surface area contributed by atoms with Crippen molar-refractivity contribution >= 4 is 0 Å². The first-order chi connectivity index (χ1) is 19.9. The highest BCUT2D eigenvalue weighted by molar-refractivity contribution is 5.23. The van der Waals surface area contributed by atoms with Gasteiger partial charge in [-0.25, -0.2) is 0 Å². The summed E-state index contributed by atoms with van der Waals surface area (Å²) in [5.41, 5.74) is 4.93. The maximum absolute atomic E-state index is 2.72. The monoisotopic (exact) mass is 595 g/mol. The van der Waals surface area contributed by atoms with Crippen LogP contribution in [0.4, 0.5) is 0 Å². The van der Waals surface area contributed by atoms with E-state index >= 15 is 0 Å². The van der Waals surface area contributed by atoms with Crippen LogP contribution in [0.2, 0.25) is 0 Å². The Bertz CT molecular complexity index is 960. The predicted molar refractivity (Wildman–Crippen MR) is 187 cm³/mol. The minimum Gasteiger partial charge on any atom is -0.377 e. The Labute approximate surface area is 269 Å². The number of likely N-dealkylation sites (N-methyl/N-ethyl adjacent to an activating group) is 2. The molecule has 4 aliphatic carbocycles. The molecule has 0 aromatic rings. The number of allylic oxidation sites excluding steroid dienone is 1. The first kappa shape index (κ1) is 33.9. The predicted octanol–water partition coefficient (Wildman–Crippen LogP) is 11.4. The molecule has 5 rings (SSSR count). The van der Waals surface area contributed by atoms with Crippen molar-refractivity contribution in [2.24, 2.45) is 50.2 Å². The van der Waals surface area contributed by atoms with Crippen LogP contribution in [0, 0.1) is 50.2 Å². The summed E-state index contributed by atoms with van der Waals surface area (Å²) in [4.78, 5) is 5.19. The van der Waals surface area contributed by atoms with Crippen LogP contribution in [0.1, 0.15) is 165 Å². The van der Waals surface area contributed by atoms with Gasteiger partial charge in [0.25, 0.3) is 0 Å². The number of hydrogen-bond donors (Lipinski definition) is 0. The van der Waals surface area contributed by atoms with Gasteiger partial charge in [-0.15, -0.1) is 0 Å². The summed E-state index contributed by atoms with van der Waals surface area (Å²) >= 11 is 0. The molecule has 2 atom stereocenters. The molecule has 1 heterocycles. The molecular weight excluding hydrogens is 520 g/mol. The quantitative estimate of drug-likeness (QED) is 0.209. The van der Waals surface area contributed by atoms with Crippen LogP contribution in [0.5, 0.6) is 0 Å². The molecule has 4 saturated carbocycles. The third-order valence-corrected chi connectivity index (χ3v) is 14.1. The van der Waals surface area contributed by atoms with Gasteiger partial charge in [0.1, 0.15) is 0 Å². The Morgan fingerprint density at radius 1 is 0.860 bits per heavy atom. The molecule has 4 fully saturated rings. The summed E-state index contributed by atoms with van der Waals surface area (Å²) in [6.45, 7) is 23.8. The van der Waals surface area contributed by atoms with Gasteiger partial charge in [0.15, 0.2) is 0 Å². The molecule has 0 aromatic carbocycles. The van der Waals surface area contributed by atoms with Gasteiger partial charge >= 0.3 is 0 Å². The third-order valence-electron chi connectivity index (χ3n) is 14.1. The van der Waals surface area contributed by atoms with E-state index in [0.29, 0.717) is 27.1 Å². The molecule has 0 amide bonds. The van der Waals surface area contributed by atoms with Gasteiger partial charge in [-0.1, -0.05) is 80.7 Å². The van der Waals surface area contributed by atoms with Gasteiger partial charge in [-0.2, -0.15) is 0 Å². The van der Waals surface area contributed by atoms with Crippen LogP contribution in [0.15, 0.2) is 11.8 Å². The van der Waals surface area contributed by atoms with E-state index in [-0.39, 0.29) is 0 Å². The molecule has 2 heteroatoms. The minimum absolute atomic E-state index is 0.455. The Hall–Kier alpha value is -0.500. The van der Waals surface area contributed by atoms with Crippen LogP contribution in [-0.2, 0) is 0 Å². The first-order valence-corrected chi connectivity index (χ1v) is 19.0. The van der Waals surface area contributed by atoms with E-state index in [2.05, 4.69) is 85.4 Å². The fraction of sp³-hybridized carbons (Fsp3) is 0.951. The maximum Gasteiger partial charge on any atom is 0.0377 e. The van der Waals surface area contributed by atoms with Crippen LogP contribution < -0.4 is 0 Å². The van der Waals surface area contributed by atoms with Gasteiger partial charge in [0.05, 0.1) is 0 Å². The highest BCUT2D eigenvalue weighted by Crippen LogP contribution is 2.62. The Kier molecular flexibility index (Phi) is 9.66. The second kappa shape index (κ2) is 12.3. The largest absolute Gasteiger partial charge is 0.377 e. The van der Waals surface area contributed by atoms with Gasteiger partial charge in [-0.3, -0.25) is 0 Å². The lowest BCUT2D eigenvalue weighted by Gasteiger charge is -2.53. The molecule has 0 aromatic heterocycles. The lowest BCUT2D eigenvalue weighted by molar-refractivity contribution is -0.0282. The summed E-state index contributed by atoms with van der Waals surface area (Å²) in [7, 11) is 4.70. The van der Waals surface area contributed by atoms with E-state index in [4.69, 9.17) is 0 Å². The van der Waals surface area contributed by atoms with Gasteiger partial charge in [0.2, 0.25) is 0 Å². The van der Waals surface area contributed by atoms with E-state index in [9.17, 15) is 0 Å². The summed E-state index contributed by atoms with van der Waals surface area (Å²) in [6.07, 6.45) is 27.7. The number of nitrogens with zero attached hydrogens (tertiary/aromatic N) is 2. The molecule has 2 nitrogen and oxygen atoms in total. The zero-order valence-corrected chi connectivity index (χ0v) is 30.8. The molecule has 0 N–H and O–H groups in total. The Morgan fingerprint density at radius 2 is 1.53 bits per heavy atom. The van der Waals surface area contributed by atoms with Crippen molar-refractivity contribution in [2.75, 3.05) is 33.7 Å². The SMILES string of the molecule is CN(CCC1(C)CC(C(C)(C)CCC(C)(C)CCC2CC3(CCCCC3)C2)C1)CC1=CC2(CCN1C)CC2CC(C)(C)C. The normalized spacial score (nSPS) is 33.1. The van der Waals surface area contributed by atoms with E-state index in [1.54, 1.807) is 31.4 Å². The summed E-state index contributed by atoms with van der Waals surface area (Å²) in [6, 6.07) is 0. The molecule has 2 spiro atoms. The first-order valence-electron chi connectivity index (χ1n) is 19.0. The summed E-state index contributed by atoms with van der Waals surface area (Å²) in [5, 5.41) is 0. The van der Waals surface area contributed by atoms with Crippen molar-refractivity contribution in [1.29, 1.82) is 0 Å². The number of rotatable bonds is 13. The van der Waals surface area contributed by atoms with Crippen LogP contribution in [0.25, 0.3) is 0 Å². The zero-order valence-electron chi connectivity index (χ0n) is 30.8. The second-order valence-electron chi connectivity index (χ2n) is 20.6. The van der Waals surface area contributed by atoms with Gasteiger partial charge < -0.3 is 9.80 Å². The highest BCUT2D eigenvalue weighted by atomic mass is 15.2.